The molecule has 0 aromatic carbocycles. The van der Waals surface area contributed by atoms with E-state index in [1.165, 1.54) is 0 Å². The van der Waals surface area contributed by atoms with Crippen molar-refractivity contribution < 1.29 is 14.7 Å². The van der Waals surface area contributed by atoms with E-state index in [0.717, 1.165) is 5.56 Å². The van der Waals surface area contributed by atoms with E-state index in [2.05, 4.69) is 10.3 Å². The highest BCUT2D eigenvalue weighted by Crippen LogP contribution is 1.97. The lowest BCUT2D eigenvalue weighted by Gasteiger charge is -2.03. The third kappa shape index (κ3) is 5.09. The quantitative estimate of drug-likeness (QED) is 0.751. The summed E-state index contributed by atoms with van der Waals surface area (Å²) in [4.78, 5) is 25.4. The van der Waals surface area contributed by atoms with Crippen LogP contribution in [0.25, 0.3) is 0 Å². The lowest BCUT2D eigenvalue weighted by atomic mass is 10.2. The summed E-state index contributed by atoms with van der Waals surface area (Å²) in [5.74, 6) is -1.01. The SMILES string of the molecule is O=C(O)CCCC(=O)NCc1cccnc1. The molecule has 0 bridgehead atoms. The summed E-state index contributed by atoms with van der Waals surface area (Å²) in [6, 6.07) is 3.66. The second kappa shape index (κ2) is 6.55. The molecule has 0 saturated heterocycles. The maximum absolute atomic E-state index is 11.3. The molecule has 1 heterocycles. The van der Waals surface area contributed by atoms with E-state index < -0.39 is 5.97 Å². The van der Waals surface area contributed by atoms with Crippen LogP contribution in [0.4, 0.5) is 0 Å². The fourth-order valence-electron chi connectivity index (χ4n) is 1.19. The topological polar surface area (TPSA) is 79.3 Å². The van der Waals surface area contributed by atoms with Gasteiger partial charge in [0.25, 0.3) is 0 Å². The second-order valence-electron chi connectivity index (χ2n) is 3.39. The summed E-state index contributed by atoms with van der Waals surface area (Å²) < 4.78 is 0. The van der Waals surface area contributed by atoms with Crippen molar-refractivity contribution in [2.24, 2.45) is 0 Å². The van der Waals surface area contributed by atoms with E-state index in [1.54, 1.807) is 18.5 Å². The molecule has 0 atom stereocenters. The van der Waals surface area contributed by atoms with Crippen LogP contribution in [0.5, 0.6) is 0 Å². The minimum Gasteiger partial charge on any atom is -0.481 e. The summed E-state index contributed by atoms with van der Waals surface area (Å²) in [6.07, 6.45) is 3.98. The number of hydrogen-bond donors (Lipinski definition) is 2. The number of amides is 1. The molecule has 86 valence electrons. The molecule has 0 saturated carbocycles. The highest BCUT2D eigenvalue weighted by atomic mass is 16.4. The zero-order valence-electron chi connectivity index (χ0n) is 8.85. The Hall–Kier alpha value is -1.91. The molecule has 16 heavy (non-hydrogen) atoms. The molecule has 0 aliphatic heterocycles. The van der Waals surface area contributed by atoms with E-state index in [-0.39, 0.29) is 18.7 Å². The van der Waals surface area contributed by atoms with Crippen molar-refractivity contribution in [2.75, 3.05) is 0 Å². The molecule has 2 N–H and O–H groups in total. The van der Waals surface area contributed by atoms with Gasteiger partial charge in [-0.3, -0.25) is 14.6 Å². The number of nitrogens with zero attached hydrogens (tertiary/aromatic N) is 1. The Labute approximate surface area is 93.5 Å². The van der Waals surface area contributed by atoms with Crippen LogP contribution in [-0.2, 0) is 16.1 Å². The summed E-state index contributed by atoms with van der Waals surface area (Å²) >= 11 is 0. The molecule has 0 spiro atoms. The van der Waals surface area contributed by atoms with Crippen LogP contribution in [0.1, 0.15) is 24.8 Å². The van der Waals surface area contributed by atoms with Gasteiger partial charge in [-0.25, -0.2) is 0 Å². The molecule has 1 aromatic rings. The zero-order chi connectivity index (χ0) is 11.8. The fourth-order valence-corrected chi connectivity index (χ4v) is 1.19. The normalized spacial score (nSPS) is 9.75. The van der Waals surface area contributed by atoms with Gasteiger partial charge in [-0.15, -0.1) is 0 Å². The summed E-state index contributed by atoms with van der Waals surface area (Å²) in [7, 11) is 0. The number of carbonyl (C=O) groups excluding carboxylic acids is 1. The van der Waals surface area contributed by atoms with E-state index >= 15 is 0 Å². The summed E-state index contributed by atoms with van der Waals surface area (Å²) in [5.41, 5.74) is 0.925. The fraction of sp³-hybridized carbons (Fsp3) is 0.364. The van der Waals surface area contributed by atoms with Gasteiger partial charge >= 0.3 is 5.97 Å². The Morgan fingerprint density at radius 3 is 2.81 bits per heavy atom. The average molecular weight is 222 g/mol. The summed E-state index contributed by atoms with van der Waals surface area (Å²) in [6.45, 7) is 0.430. The van der Waals surface area contributed by atoms with Gasteiger partial charge in [0.1, 0.15) is 0 Å². The van der Waals surface area contributed by atoms with Gasteiger partial charge in [0, 0.05) is 31.8 Å². The lowest BCUT2D eigenvalue weighted by Crippen LogP contribution is -2.22. The number of pyridine rings is 1. The maximum Gasteiger partial charge on any atom is 0.303 e. The Bertz CT molecular complexity index is 352. The molecule has 1 amide bonds. The van der Waals surface area contributed by atoms with Crippen LogP contribution in [0.15, 0.2) is 24.5 Å². The molecule has 5 heteroatoms. The monoisotopic (exact) mass is 222 g/mol. The standard InChI is InChI=1S/C11H14N2O3/c14-10(4-1-5-11(15)16)13-8-9-3-2-6-12-7-9/h2-3,6-7H,1,4-5,8H2,(H,13,14)(H,15,16). The number of aromatic nitrogens is 1. The van der Waals surface area contributed by atoms with Crippen molar-refractivity contribution in [1.82, 2.24) is 10.3 Å². The van der Waals surface area contributed by atoms with Gasteiger partial charge < -0.3 is 10.4 Å². The highest BCUT2D eigenvalue weighted by Gasteiger charge is 2.03. The smallest absolute Gasteiger partial charge is 0.303 e. The van der Waals surface area contributed by atoms with Gasteiger partial charge in [-0.05, 0) is 18.1 Å². The van der Waals surface area contributed by atoms with Crippen molar-refractivity contribution in [1.29, 1.82) is 0 Å². The Morgan fingerprint density at radius 2 is 2.19 bits per heavy atom. The minimum atomic E-state index is -0.875. The van der Waals surface area contributed by atoms with E-state index in [1.807, 2.05) is 6.07 Å². The Balaban J connectivity index is 2.18. The molecule has 0 aliphatic rings. The average Bonchev–Trinajstić information content (AvgIpc) is 2.27. The number of aliphatic carboxylic acids is 1. The van der Waals surface area contributed by atoms with Crippen LogP contribution < -0.4 is 5.32 Å². The van der Waals surface area contributed by atoms with Crippen molar-refractivity contribution in [3.05, 3.63) is 30.1 Å². The van der Waals surface area contributed by atoms with Gasteiger partial charge in [-0.2, -0.15) is 0 Å². The minimum absolute atomic E-state index is 0.0281. The second-order valence-corrected chi connectivity index (χ2v) is 3.39. The van der Waals surface area contributed by atoms with Crippen LogP contribution >= 0.6 is 0 Å². The van der Waals surface area contributed by atoms with E-state index in [9.17, 15) is 9.59 Å². The molecule has 0 aliphatic carbocycles. The molecular formula is C11H14N2O3. The number of nitrogens with one attached hydrogen (secondary N) is 1. The Kier molecular flexibility index (Phi) is 4.98. The number of carboxylic acid groups (broad SMARTS) is 1. The van der Waals surface area contributed by atoms with E-state index in [0.29, 0.717) is 13.0 Å². The van der Waals surface area contributed by atoms with Crippen molar-refractivity contribution in [3.8, 4) is 0 Å². The van der Waals surface area contributed by atoms with Crippen LogP contribution in [0, 0.1) is 0 Å². The number of carboxylic acids is 1. The summed E-state index contributed by atoms with van der Waals surface area (Å²) in [5, 5.41) is 11.1. The maximum atomic E-state index is 11.3. The molecule has 1 aromatic heterocycles. The van der Waals surface area contributed by atoms with Crippen molar-refractivity contribution >= 4 is 11.9 Å². The predicted octanol–water partition coefficient (Wildman–Crippen LogP) is 0.953. The third-order valence-corrected chi connectivity index (χ3v) is 2.01. The Morgan fingerprint density at radius 1 is 1.38 bits per heavy atom. The first-order chi connectivity index (χ1) is 7.68. The van der Waals surface area contributed by atoms with Gasteiger partial charge in [-0.1, -0.05) is 6.07 Å². The molecule has 0 unspecified atom stereocenters. The predicted molar refractivity (Wildman–Crippen MR) is 57.6 cm³/mol. The number of hydrogen-bond acceptors (Lipinski definition) is 3. The van der Waals surface area contributed by atoms with E-state index in [4.69, 9.17) is 5.11 Å². The largest absolute Gasteiger partial charge is 0.481 e. The van der Waals surface area contributed by atoms with Crippen molar-refractivity contribution in [3.63, 3.8) is 0 Å². The van der Waals surface area contributed by atoms with Crippen LogP contribution in [0.2, 0.25) is 0 Å². The molecular weight excluding hydrogens is 208 g/mol. The first-order valence-corrected chi connectivity index (χ1v) is 5.06. The van der Waals surface area contributed by atoms with Crippen molar-refractivity contribution in [2.45, 2.75) is 25.8 Å². The first kappa shape index (κ1) is 12.2. The number of carbonyl (C=O) groups is 2. The van der Waals surface area contributed by atoms with Gasteiger partial charge in [0.2, 0.25) is 5.91 Å². The van der Waals surface area contributed by atoms with Crippen LogP contribution in [-0.4, -0.2) is 22.0 Å². The molecule has 0 radical (unpaired) electrons. The third-order valence-electron chi connectivity index (χ3n) is 2.01. The van der Waals surface area contributed by atoms with Crippen LogP contribution in [0.3, 0.4) is 0 Å². The van der Waals surface area contributed by atoms with Gasteiger partial charge in [0.15, 0.2) is 0 Å². The highest BCUT2D eigenvalue weighted by molar-refractivity contribution is 5.76. The molecule has 1 rings (SSSR count). The van der Waals surface area contributed by atoms with Gasteiger partial charge in [0.05, 0.1) is 0 Å². The lowest BCUT2D eigenvalue weighted by molar-refractivity contribution is -0.137. The number of rotatable bonds is 6. The zero-order valence-corrected chi connectivity index (χ0v) is 8.85. The first-order valence-electron chi connectivity index (χ1n) is 5.06. The molecule has 5 nitrogen and oxygen atoms in total. The molecule has 0 fully saturated rings.